The molecule has 0 aliphatic carbocycles. The number of piperidine rings is 1. The van der Waals surface area contributed by atoms with E-state index in [-0.39, 0.29) is 25.6 Å². The maximum Gasteiger partial charge on any atom is 0.393 e. The lowest BCUT2D eigenvalue weighted by Crippen LogP contribution is -2.63. The van der Waals surface area contributed by atoms with Crippen LogP contribution in [0.1, 0.15) is 33.1 Å². The minimum absolute atomic E-state index is 0.0118. The summed E-state index contributed by atoms with van der Waals surface area (Å²) in [4.78, 5) is 22.7. The van der Waals surface area contributed by atoms with Gasteiger partial charge in [-0.15, -0.1) is 5.92 Å². The lowest BCUT2D eigenvalue weighted by atomic mass is 9.80. The topological polar surface area (TPSA) is 39.1 Å². The highest BCUT2D eigenvalue weighted by molar-refractivity contribution is 6.16. The van der Waals surface area contributed by atoms with Crippen LogP contribution in [0.15, 0.2) is 29.3 Å². The molecule has 1 unspecified atom stereocenters. The fraction of sp³-hybridized carbons (Fsp3) is 0.565. The van der Waals surface area contributed by atoms with Crippen molar-refractivity contribution in [3.8, 4) is 11.8 Å². The van der Waals surface area contributed by atoms with Gasteiger partial charge in [0.05, 0.1) is 12.5 Å². The van der Waals surface area contributed by atoms with E-state index in [0.717, 1.165) is 0 Å². The van der Waals surface area contributed by atoms with Crippen LogP contribution in [0, 0.1) is 23.6 Å². The first kappa shape index (κ1) is 22.6. The van der Waals surface area contributed by atoms with Crippen LogP contribution in [0.4, 0.5) is 28.0 Å². The van der Waals surface area contributed by atoms with Gasteiger partial charge < -0.3 is 4.90 Å². The van der Waals surface area contributed by atoms with Crippen molar-refractivity contribution in [2.45, 2.75) is 50.9 Å². The molecule has 2 fully saturated rings. The van der Waals surface area contributed by atoms with Crippen LogP contribution in [0.2, 0.25) is 0 Å². The molecule has 3 atom stereocenters. The Morgan fingerprint density at radius 3 is 2.69 bits per heavy atom. The lowest BCUT2D eigenvalue weighted by molar-refractivity contribution is -0.169. The van der Waals surface area contributed by atoms with Crippen LogP contribution in [-0.4, -0.2) is 65.6 Å². The monoisotopic (exact) mass is 450 g/mol. The SMILES string of the molecule is CC#CCN1CC[C@@]2(C[C@H]1C)C(N1CCC(C(F)(F)F)C1)=NC(=O)N2c1cccc(F)c1. The number of halogens is 4. The molecule has 0 N–H and O–H groups in total. The zero-order valence-corrected chi connectivity index (χ0v) is 18.1. The number of alkyl halides is 3. The van der Waals surface area contributed by atoms with Crippen molar-refractivity contribution >= 4 is 17.6 Å². The highest BCUT2D eigenvalue weighted by Gasteiger charge is 2.56. The van der Waals surface area contributed by atoms with Gasteiger partial charge in [-0.3, -0.25) is 9.80 Å². The van der Waals surface area contributed by atoms with Gasteiger partial charge in [0.15, 0.2) is 0 Å². The molecule has 32 heavy (non-hydrogen) atoms. The summed E-state index contributed by atoms with van der Waals surface area (Å²) in [6.45, 7) is 4.94. The summed E-state index contributed by atoms with van der Waals surface area (Å²) in [5, 5.41) is 0. The second kappa shape index (κ2) is 8.39. The van der Waals surface area contributed by atoms with Gasteiger partial charge in [-0.25, -0.2) is 9.18 Å². The Bertz CT molecular complexity index is 982. The van der Waals surface area contributed by atoms with E-state index < -0.39 is 29.5 Å². The predicted molar refractivity (Wildman–Crippen MR) is 114 cm³/mol. The first-order valence-corrected chi connectivity index (χ1v) is 10.8. The summed E-state index contributed by atoms with van der Waals surface area (Å²) in [5.41, 5.74) is -0.546. The molecule has 9 heteroatoms. The minimum atomic E-state index is -4.29. The molecular formula is C23H26F4N4O. The van der Waals surface area contributed by atoms with Gasteiger partial charge in [-0.2, -0.15) is 18.2 Å². The van der Waals surface area contributed by atoms with E-state index in [0.29, 0.717) is 37.5 Å². The first-order chi connectivity index (χ1) is 15.2. The second-order valence-corrected chi connectivity index (χ2v) is 8.74. The summed E-state index contributed by atoms with van der Waals surface area (Å²) in [6, 6.07) is 5.19. The Morgan fingerprint density at radius 1 is 1.28 bits per heavy atom. The summed E-state index contributed by atoms with van der Waals surface area (Å²) in [6.07, 6.45) is -3.35. The molecule has 0 aromatic heterocycles. The highest BCUT2D eigenvalue weighted by atomic mass is 19.4. The van der Waals surface area contributed by atoms with Crippen LogP contribution >= 0.6 is 0 Å². The lowest BCUT2D eigenvalue weighted by Gasteiger charge is -2.49. The highest BCUT2D eigenvalue weighted by Crippen LogP contribution is 2.44. The van der Waals surface area contributed by atoms with Gasteiger partial charge in [0, 0.05) is 31.4 Å². The van der Waals surface area contributed by atoms with Gasteiger partial charge in [0.2, 0.25) is 0 Å². The molecular weight excluding hydrogens is 424 g/mol. The molecule has 0 radical (unpaired) electrons. The fourth-order valence-corrected chi connectivity index (χ4v) is 5.18. The summed E-state index contributed by atoms with van der Waals surface area (Å²) < 4.78 is 54.1. The molecule has 5 nitrogen and oxygen atoms in total. The number of hydrogen-bond donors (Lipinski definition) is 0. The van der Waals surface area contributed by atoms with Crippen molar-refractivity contribution < 1.29 is 22.4 Å². The smallest absolute Gasteiger partial charge is 0.357 e. The van der Waals surface area contributed by atoms with E-state index in [9.17, 15) is 22.4 Å². The molecule has 2 saturated heterocycles. The van der Waals surface area contributed by atoms with Gasteiger partial charge in [-0.1, -0.05) is 12.0 Å². The van der Waals surface area contributed by atoms with Crippen molar-refractivity contribution in [1.29, 1.82) is 0 Å². The Kier molecular flexibility index (Phi) is 5.93. The van der Waals surface area contributed by atoms with Crippen LogP contribution in [0.5, 0.6) is 0 Å². The molecule has 1 spiro atoms. The molecule has 3 aliphatic rings. The zero-order valence-electron chi connectivity index (χ0n) is 18.1. The average molecular weight is 450 g/mol. The largest absolute Gasteiger partial charge is 0.393 e. The van der Waals surface area contributed by atoms with E-state index in [2.05, 4.69) is 21.7 Å². The summed E-state index contributed by atoms with van der Waals surface area (Å²) in [5.74, 6) is 4.39. The maximum atomic E-state index is 14.0. The van der Waals surface area contributed by atoms with E-state index in [1.54, 1.807) is 17.9 Å². The number of urea groups is 1. The van der Waals surface area contributed by atoms with Gasteiger partial charge in [0.1, 0.15) is 17.2 Å². The number of hydrogen-bond acceptors (Lipinski definition) is 3. The van der Waals surface area contributed by atoms with Crippen LogP contribution in [0.3, 0.4) is 0 Å². The quantitative estimate of drug-likeness (QED) is 0.498. The number of amides is 2. The number of nitrogens with zero attached hydrogens (tertiary/aromatic N) is 4. The zero-order chi connectivity index (χ0) is 23.1. The average Bonchev–Trinajstić information content (AvgIpc) is 3.31. The number of carbonyl (C=O) groups excluding carboxylic acids is 1. The van der Waals surface area contributed by atoms with Gasteiger partial charge >= 0.3 is 12.2 Å². The fourth-order valence-electron chi connectivity index (χ4n) is 5.18. The standard InChI is InChI=1S/C23H26F4N4O/c1-3-4-10-29-12-9-22(14-16(29)2)20(30-11-8-17(15-30)23(25,26)27)28-21(32)31(22)19-7-5-6-18(24)13-19/h5-7,13,16-17H,8-12,14-15H2,1-2H3/t16-,17?,22-/m1/s1. The summed E-state index contributed by atoms with van der Waals surface area (Å²) >= 11 is 0. The number of aliphatic imine (C=N–C) groups is 1. The Hall–Kier alpha value is -2.60. The molecule has 3 heterocycles. The third kappa shape index (κ3) is 3.96. The van der Waals surface area contributed by atoms with Crippen LogP contribution < -0.4 is 4.90 Å². The molecule has 1 aromatic rings. The number of likely N-dealkylation sites (tertiary alicyclic amines) is 2. The predicted octanol–water partition coefficient (Wildman–Crippen LogP) is 4.29. The summed E-state index contributed by atoms with van der Waals surface area (Å²) in [7, 11) is 0. The van der Waals surface area contributed by atoms with Crippen molar-refractivity contribution in [1.82, 2.24) is 9.80 Å². The molecule has 0 bridgehead atoms. The van der Waals surface area contributed by atoms with Crippen molar-refractivity contribution in [3.05, 3.63) is 30.1 Å². The second-order valence-electron chi connectivity index (χ2n) is 8.74. The molecule has 2 amide bonds. The van der Waals surface area contributed by atoms with Gasteiger partial charge in [0.25, 0.3) is 0 Å². The Labute approximate surface area is 185 Å². The Balaban J connectivity index is 1.70. The minimum Gasteiger partial charge on any atom is -0.357 e. The number of rotatable bonds is 2. The van der Waals surface area contributed by atoms with Crippen molar-refractivity contribution in [3.63, 3.8) is 0 Å². The first-order valence-electron chi connectivity index (χ1n) is 10.8. The van der Waals surface area contributed by atoms with E-state index in [4.69, 9.17) is 0 Å². The van der Waals surface area contributed by atoms with Crippen molar-refractivity contribution in [2.24, 2.45) is 10.9 Å². The third-order valence-electron chi connectivity index (χ3n) is 6.78. The molecule has 172 valence electrons. The van der Waals surface area contributed by atoms with Crippen molar-refractivity contribution in [2.75, 3.05) is 31.1 Å². The van der Waals surface area contributed by atoms with Gasteiger partial charge in [-0.05, 0) is 51.3 Å². The molecule has 0 saturated carbocycles. The number of amidine groups is 1. The van der Waals surface area contributed by atoms with E-state index >= 15 is 0 Å². The Morgan fingerprint density at radius 2 is 2.06 bits per heavy atom. The normalized spacial score (nSPS) is 28.8. The number of anilines is 1. The van der Waals surface area contributed by atoms with E-state index in [1.165, 1.54) is 23.1 Å². The number of carbonyl (C=O) groups is 1. The van der Waals surface area contributed by atoms with Crippen LogP contribution in [0.25, 0.3) is 0 Å². The van der Waals surface area contributed by atoms with Crippen LogP contribution in [-0.2, 0) is 0 Å². The molecule has 4 rings (SSSR count). The maximum absolute atomic E-state index is 14.0. The van der Waals surface area contributed by atoms with E-state index in [1.807, 2.05) is 6.92 Å². The number of benzene rings is 1. The molecule has 1 aromatic carbocycles. The third-order valence-corrected chi connectivity index (χ3v) is 6.78. The molecule has 3 aliphatic heterocycles.